The number of aryl methyl sites for hydroxylation is 1. The molecule has 13 heavy (non-hydrogen) atoms. The molecule has 1 rings (SSSR count). The Morgan fingerprint density at radius 2 is 2.00 bits per heavy atom. The minimum atomic E-state index is -4.20. The Bertz CT molecular complexity index is 386. The summed E-state index contributed by atoms with van der Waals surface area (Å²) in [5.41, 5.74) is 1.58. The Morgan fingerprint density at radius 1 is 1.38 bits per heavy atom. The van der Waals surface area contributed by atoms with Crippen molar-refractivity contribution < 1.29 is 13.0 Å². The third kappa shape index (κ3) is 3.43. The molecule has 0 atom stereocenters. The maximum Gasteiger partial charge on any atom is 0.113 e. The van der Waals surface area contributed by atoms with Crippen molar-refractivity contribution in [1.82, 2.24) is 0 Å². The number of nitrogens with one attached hydrogen (secondary N) is 1. The van der Waals surface area contributed by atoms with Crippen LogP contribution in [0.2, 0.25) is 0 Å². The van der Waals surface area contributed by atoms with E-state index in [0.29, 0.717) is 5.69 Å². The summed E-state index contributed by atoms with van der Waals surface area (Å²) in [6.45, 7) is 1.83. The molecule has 0 aliphatic heterocycles. The van der Waals surface area contributed by atoms with Crippen LogP contribution in [0.1, 0.15) is 5.56 Å². The molecular formula is C8H10NO3S-. The molecular weight excluding hydrogens is 190 g/mol. The highest BCUT2D eigenvalue weighted by Gasteiger charge is 1.97. The largest absolute Gasteiger partial charge is 0.747 e. The van der Waals surface area contributed by atoms with Crippen molar-refractivity contribution in [3.63, 3.8) is 0 Å². The van der Waals surface area contributed by atoms with E-state index in [1.807, 2.05) is 19.1 Å². The van der Waals surface area contributed by atoms with E-state index in [1.165, 1.54) is 0 Å². The second-order valence-corrected chi connectivity index (χ2v) is 4.10. The molecule has 0 bridgehead atoms. The van der Waals surface area contributed by atoms with Crippen LogP contribution in [0.5, 0.6) is 0 Å². The minimum absolute atomic E-state index is 0.572. The van der Waals surface area contributed by atoms with Crippen molar-refractivity contribution in [3.8, 4) is 0 Å². The van der Waals surface area contributed by atoms with Gasteiger partial charge >= 0.3 is 0 Å². The van der Waals surface area contributed by atoms with Gasteiger partial charge in [0.05, 0.1) is 0 Å². The summed E-state index contributed by atoms with van der Waals surface area (Å²) in [7, 11) is -4.20. The van der Waals surface area contributed by atoms with E-state index in [1.54, 1.807) is 12.1 Å². The Kier molecular flexibility index (Phi) is 2.90. The molecule has 0 spiro atoms. The second-order valence-electron chi connectivity index (χ2n) is 2.69. The molecule has 72 valence electrons. The van der Waals surface area contributed by atoms with Gasteiger partial charge in [-0.15, -0.1) is 0 Å². The first-order chi connectivity index (χ1) is 5.99. The minimum Gasteiger partial charge on any atom is -0.747 e. The first kappa shape index (κ1) is 10.0. The van der Waals surface area contributed by atoms with Crippen molar-refractivity contribution in [2.24, 2.45) is 0 Å². The van der Waals surface area contributed by atoms with Gasteiger partial charge in [0.1, 0.15) is 16.0 Å². The van der Waals surface area contributed by atoms with Crippen LogP contribution in [0.4, 0.5) is 5.69 Å². The van der Waals surface area contributed by atoms with Crippen LogP contribution in [0, 0.1) is 6.92 Å². The summed E-state index contributed by atoms with van der Waals surface area (Å²) >= 11 is 0. The second kappa shape index (κ2) is 3.76. The maximum atomic E-state index is 10.3. The van der Waals surface area contributed by atoms with Crippen LogP contribution < -0.4 is 5.32 Å². The quantitative estimate of drug-likeness (QED) is 0.736. The number of para-hydroxylation sites is 1. The summed E-state index contributed by atoms with van der Waals surface area (Å²) in [5.74, 6) is -0.572. The van der Waals surface area contributed by atoms with Gasteiger partial charge in [-0.3, -0.25) is 0 Å². The average molecular weight is 200 g/mol. The third-order valence-corrected chi connectivity index (χ3v) is 2.08. The molecule has 0 radical (unpaired) electrons. The van der Waals surface area contributed by atoms with Crippen LogP contribution in [0.3, 0.4) is 0 Å². The molecule has 5 heteroatoms. The smallest absolute Gasteiger partial charge is 0.113 e. The fourth-order valence-corrected chi connectivity index (χ4v) is 1.27. The summed E-state index contributed by atoms with van der Waals surface area (Å²) in [6.07, 6.45) is 0. The van der Waals surface area contributed by atoms with E-state index in [0.717, 1.165) is 5.56 Å². The zero-order chi connectivity index (χ0) is 9.90. The SMILES string of the molecule is Cc1ccccc1NCS(=O)(=O)[O-]. The van der Waals surface area contributed by atoms with Gasteiger partial charge < -0.3 is 9.87 Å². The van der Waals surface area contributed by atoms with Crippen LogP contribution >= 0.6 is 0 Å². The molecule has 0 amide bonds. The number of benzene rings is 1. The summed E-state index contributed by atoms with van der Waals surface area (Å²) in [5, 5.41) is 2.55. The normalized spacial score (nSPS) is 11.2. The van der Waals surface area contributed by atoms with Crippen LogP contribution in [0.15, 0.2) is 24.3 Å². The fraction of sp³-hybridized carbons (Fsp3) is 0.250. The Morgan fingerprint density at radius 3 is 2.54 bits per heavy atom. The van der Waals surface area contributed by atoms with Crippen LogP contribution in [-0.2, 0) is 10.1 Å². The first-order valence-electron chi connectivity index (χ1n) is 3.72. The number of hydrogen-bond acceptors (Lipinski definition) is 4. The van der Waals surface area contributed by atoms with Gasteiger partial charge in [-0.1, -0.05) is 18.2 Å². The third-order valence-electron chi connectivity index (χ3n) is 1.58. The van der Waals surface area contributed by atoms with E-state index in [2.05, 4.69) is 5.32 Å². The fourth-order valence-electron chi connectivity index (χ4n) is 0.937. The van der Waals surface area contributed by atoms with E-state index < -0.39 is 16.0 Å². The molecule has 0 aromatic heterocycles. The van der Waals surface area contributed by atoms with E-state index in [4.69, 9.17) is 0 Å². The number of anilines is 1. The zero-order valence-corrected chi connectivity index (χ0v) is 7.97. The Hall–Kier alpha value is -1.07. The topological polar surface area (TPSA) is 69.2 Å². The standard InChI is InChI=1S/C8H11NO3S/c1-7-4-2-3-5-8(7)9-6-13(10,11)12/h2-5,9H,6H2,1H3,(H,10,11,12)/p-1. The van der Waals surface area contributed by atoms with Crippen molar-refractivity contribution in [2.75, 3.05) is 11.2 Å². The van der Waals surface area contributed by atoms with E-state index >= 15 is 0 Å². The molecule has 1 aromatic carbocycles. The Labute approximate surface area is 77.3 Å². The lowest BCUT2D eigenvalue weighted by atomic mass is 10.2. The van der Waals surface area contributed by atoms with Gasteiger partial charge in [0, 0.05) is 5.69 Å². The molecule has 0 aliphatic carbocycles. The highest BCUT2D eigenvalue weighted by atomic mass is 32.2. The van der Waals surface area contributed by atoms with Gasteiger partial charge in [0.25, 0.3) is 0 Å². The predicted molar refractivity (Wildman–Crippen MR) is 49.4 cm³/mol. The first-order valence-corrected chi connectivity index (χ1v) is 5.30. The molecule has 0 aliphatic rings. The van der Waals surface area contributed by atoms with Gasteiger partial charge in [0.15, 0.2) is 0 Å². The Balaban J connectivity index is 2.71. The number of hydrogen-bond donors (Lipinski definition) is 1. The summed E-state index contributed by atoms with van der Waals surface area (Å²) < 4.78 is 30.9. The lowest BCUT2D eigenvalue weighted by molar-refractivity contribution is 0.465. The van der Waals surface area contributed by atoms with Gasteiger partial charge in [-0.2, -0.15) is 0 Å². The average Bonchev–Trinajstić information content (AvgIpc) is 2.01. The lowest BCUT2D eigenvalue weighted by Gasteiger charge is -2.11. The van der Waals surface area contributed by atoms with Gasteiger partial charge in [-0.05, 0) is 18.6 Å². The molecule has 1 aromatic rings. The highest BCUT2D eigenvalue weighted by Crippen LogP contribution is 2.12. The molecule has 1 N–H and O–H groups in total. The maximum absolute atomic E-state index is 10.3. The molecule has 0 unspecified atom stereocenters. The van der Waals surface area contributed by atoms with Crippen LogP contribution in [0.25, 0.3) is 0 Å². The molecule has 0 saturated heterocycles. The van der Waals surface area contributed by atoms with Crippen molar-refractivity contribution in [3.05, 3.63) is 29.8 Å². The van der Waals surface area contributed by atoms with E-state index in [9.17, 15) is 13.0 Å². The van der Waals surface area contributed by atoms with Crippen molar-refractivity contribution in [1.29, 1.82) is 0 Å². The van der Waals surface area contributed by atoms with Gasteiger partial charge in [-0.25, -0.2) is 8.42 Å². The monoisotopic (exact) mass is 200 g/mol. The zero-order valence-electron chi connectivity index (χ0n) is 7.15. The van der Waals surface area contributed by atoms with Gasteiger partial charge in [0.2, 0.25) is 0 Å². The van der Waals surface area contributed by atoms with Crippen molar-refractivity contribution in [2.45, 2.75) is 6.92 Å². The number of rotatable bonds is 3. The summed E-state index contributed by atoms with van der Waals surface area (Å²) in [6, 6.07) is 7.17. The molecule has 0 fully saturated rings. The lowest BCUT2D eigenvalue weighted by Crippen LogP contribution is -2.13. The molecule has 0 heterocycles. The highest BCUT2D eigenvalue weighted by molar-refractivity contribution is 7.85. The predicted octanol–water partition coefficient (Wildman–Crippen LogP) is 0.910. The molecule has 4 nitrogen and oxygen atoms in total. The van der Waals surface area contributed by atoms with E-state index in [-0.39, 0.29) is 0 Å². The van der Waals surface area contributed by atoms with Crippen LogP contribution in [-0.4, -0.2) is 18.8 Å². The molecule has 0 saturated carbocycles. The van der Waals surface area contributed by atoms with Crippen molar-refractivity contribution >= 4 is 15.8 Å². The summed E-state index contributed by atoms with van der Waals surface area (Å²) in [4.78, 5) is 0.